The minimum atomic E-state index is -1.52. The predicted octanol–water partition coefficient (Wildman–Crippen LogP) is 2.80. The smallest absolute Gasteiger partial charge is 0.166 e. The lowest BCUT2D eigenvalue weighted by atomic mass is 9.92. The standard InChI is InChI=1S/C14H14ClNO/c1-10-7-8-12(15)9-13(10)14(16,17)11-5-3-2-4-6-11/h2-9,17H,16H2,1H3. The maximum Gasteiger partial charge on any atom is 0.166 e. The fourth-order valence-electron chi connectivity index (χ4n) is 1.85. The summed E-state index contributed by atoms with van der Waals surface area (Å²) in [6, 6.07) is 14.5. The highest BCUT2D eigenvalue weighted by molar-refractivity contribution is 6.30. The van der Waals surface area contributed by atoms with E-state index in [4.69, 9.17) is 17.3 Å². The zero-order valence-corrected chi connectivity index (χ0v) is 10.3. The van der Waals surface area contributed by atoms with E-state index in [0.717, 1.165) is 5.56 Å². The molecule has 2 nitrogen and oxygen atoms in total. The van der Waals surface area contributed by atoms with E-state index < -0.39 is 5.72 Å². The third-order valence-electron chi connectivity index (χ3n) is 2.82. The number of benzene rings is 2. The fraction of sp³-hybridized carbons (Fsp3) is 0.143. The van der Waals surface area contributed by atoms with Gasteiger partial charge in [-0.3, -0.25) is 5.73 Å². The number of aliphatic hydroxyl groups is 1. The number of hydrogen-bond donors (Lipinski definition) is 2. The van der Waals surface area contributed by atoms with Crippen LogP contribution in [0.5, 0.6) is 0 Å². The van der Waals surface area contributed by atoms with Gasteiger partial charge in [0.25, 0.3) is 0 Å². The second-order valence-corrected chi connectivity index (χ2v) is 4.53. The highest BCUT2D eigenvalue weighted by atomic mass is 35.5. The van der Waals surface area contributed by atoms with Crippen molar-refractivity contribution in [3.63, 3.8) is 0 Å². The Morgan fingerprint density at radius 3 is 2.41 bits per heavy atom. The maximum absolute atomic E-state index is 10.5. The topological polar surface area (TPSA) is 46.2 Å². The lowest BCUT2D eigenvalue weighted by molar-refractivity contribution is 0.0877. The van der Waals surface area contributed by atoms with E-state index >= 15 is 0 Å². The molecule has 2 aromatic carbocycles. The Morgan fingerprint density at radius 1 is 1.12 bits per heavy atom. The number of aryl methyl sites for hydroxylation is 1. The van der Waals surface area contributed by atoms with Crippen molar-refractivity contribution >= 4 is 11.6 Å². The summed E-state index contributed by atoms with van der Waals surface area (Å²) in [7, 11) is 0. The first kappa shape index (κ1) is 12.1. The van der Waals surface area contributed by atoms with Crippen LogP contribution in [0.3, 0.4) is 0 Å². The first-order valence-corrected chi connectivity index (χ1v) is 5.73. The summed E-state index contributed by atoms with van der Waals surface area (Å²) < 4.78 is 0. The molecule has 3 N–H and O–H groups in total. The molecular weight excluding hydrogens is 234 g/mol. The van der Waals surface area contributed by atoms with Gasteiger partial charge in [0.1, 0.15) is 0 Å². The number of halogens is 1. The lowest BCUT2D eigenvalue weighted by Gasteiger charge is -2.26. The van der Waals surface area contributed by atoms with E-state index in [9.17, 15) is 5.11 Å². The van der Waals surface area contributed by atoms with Gasteiger partial charge >= 0.3 is 0 Å². The quantitative estimate of drug-likeness (QED) is 0.802. The van der Waals surface area contributed by atoms with Crippen LogP contribution in [-0.2, 0) is 5.72 Å². The van der Waals surface area contributed by atoms with Gasteiger partial charge < -0.3 is 5.11 Å². The second-order valence-electron chi connectivity index (χ2n) is 4.09. The molecule has 0 aromatic heterocycles. The second kappa shape index (κ2) is 4.49. The number of nitrogens with two attached hydrogens (primary N) is 1. The van der Waals surface area contributed by atoms with Crippen molar-refractivity contribution in [3.05, 3.63) is 70.2 Å². The average molecular weight is 248 g/mol. The Morgan fingerprint density at radius 2 is 1.76 bits per heavy atom. The van der Waals surface area contributed by atoms with Crippen molar-refractivity contribution in [1.82, 2.24) is 0 Å². The van der Waals surface area contributed by atoms with Crippen molar-refractivity contribution in [2.75, 3.05) is 0 Å². The molecule has 0 amide bonds. The summed E-state index contributed by atoms with van der Waals surface area (Å²) in [4.78, 5) is 0. The van der Waals surface area contributed by atoms with E-state index in [1.54, 1.807) is 24.3 Å². The summed E-state index contributed by atoms with van der Waals surface area (Å²) in [5.41, 5.74) is 6.68. The lowest BCUT2D eigenvalue weighted by Crippen LogP contribution is -2.38. The van der Waals surface area contributed by atoms with Crippen LogP contribution in [0.15, 0.2) is 48.5 Å². The third kappa shape index (κ3) is 2.34. The number of hydrogen-bond acceptors (Lipinski definition) is 2. The molecule has 0 saturated carbocycles. The molecule has 88 valence electrons. The van der Waals surface area contributed by atoms with Gasteiger partial charge in [0.05, 0.1) is 0 Å². The van der Waals surface area contributed by atoms with Crippen LogP contribution in [0.2, 0.25) is 5.02 Å². The van der Waals surface area contributed by atoms with Gasteiger partial charge in [-0.2, -0.15) is 0 Å². The van der Waals surface area contributed by atoms with Crippen molar-refractivity contribution in [3.8, 4) is 0 Å². The molecule has 1 atom stereocenters. The van der Waals surface area contributed by atoms with Crippen LogP contribution in [0.25, 0.3) is 0 Å². The molecule has 0 fully saturated rings. The van der Waals surface area contributed by atoms with Gasteiger partial charge in [-0.15, -0.1) is 0 Å². The monoisotopic (exact) mass is 247 g/mol. The van der Waals surface area contributed by atoms with E-state index in [1.807, 2.05) is 31.2 Å². The van der Waals surface area contributed by atoms with E-state index in [2.05, 4.69) is 0 Å². The van der Waals surface area contributed by atoms with Crippen LogP contribution in [0.4, 0.5) is 0 Å². The summed E-state index contributed by atoms with van der Waals surface area (Å²) in [6.07, 6.45) is 0. The normalized spacial score (nSPS) is 14.4. The molecule has 0 saturated heterocycles. The molecule has 0 heterocycles. The molecule has 0 aliphatic carbocycles. The summed E-state index contributed by atoms with van der Waals surface area (Å²) in [5.74, 6) is 0. The van der Waals surface area contributed by atoms with Gasteiger partial charge in [0.2, 0.25) is 0 Å². The fourth-order valence-corrected chi connectivity index (χ4v) is 2.02. The van der Waals surface area contributed by atoms with E-state index in [0.29, 0.717) is 16.1 Å². The zero-order chi connectivity index (χ0) is 12.5. The SMILES string of the molecule is Cc1ccc(Cl)cc1C(N)(O)c1ccccc1. The molecule has 17 heavy (non-hydrogen) atoms. The first-order chi connectivity index (χ1) is 8.01. The highest BCUT2D eigenvalue weighted by Gasteiger charge is 2.27. The zero-order valence-electron chi connectivity index (χ0n) is 9.52. The Bertz CT molecular complexity index is 523. The van der Waals surface area contributed by atoms with Crippen LogP contribution in [-0.4, -0.2) is 5.11 Å². The van der Waals surface area contributed by atoms with Crippen molar-refractivity contribution in [1.29, 1.82) is 0 Å². The summed E-state index contributed by atoms with van der Waals surface area (Å²) in [5, 5.41) is 11.0. The van der Waals surface area contributed by atoms with Gasteiger partial charge in [0, 0.05) is 16.1 Å². The molecule has 0 bridgehead atoms. The van der Waals surface area contributed by atoms with Crippen molar-refractivity contribution in [2.24, 2.45) is 5.73 Å². The Hall–Kier alpha value is -1.35. The van der Waals surface area contributed by atoms with E-state index in [1.165, 1.54) is 0 Å². The predicted molar refractivity (Wildman–Crippen MR) is 69.8 cm³/mol. The number of rotatable bonds is 2. The molecule has 0 aliphatic heterocycles. The molecule has 0 spiro atoms. The molecule has 3 heteroatoms. The maximum atomic E-state index is 10.5. The average Bonchev–Trinajstić information content (AvgIpc) is 2.33. The summed E-state index contributed by atoms with van der Waals surface area (Å²) in [6.45, 7) is 1.90. The largest absolute Gasteiger partial charge is 0.368 e. The minimum Gasteiger partial charge on any atom is -0.368 e. The Labute approximate surface area is 106 Å². The van der Waals surface area contributed by atoms with Gasteiger partial charge in [0.15, 0.2) is 5.72 Å². The third-order valence-corrected chi connectivity index (χ3v) is 3.06. The van der Waals surface area contributed by atoms with Crippen LogP contribution in [0, 0.1) is 6.92 Å². The van der Waals surface area contributed by atoms with Gasteiger partial charge in [-0.05, 0) is 24.6 Å². The molecule has 2 aromatic rings. The summed E-state index contributed by atoms with van der Waals surface area (Å²) >= 11 is 5.94. The molecule has 0 radical (unpaired) electrons. The van der Waals surface area contributed by atoms with Gasteiger partial charge in [-0.1, -0.05) is 48.0 Å². The first-order valence-electron chi connectivity index (χ1n) is 5.35. The molecule has 1 unspecified atom stereocenters. The molecule has 0 aliphatic rings. The van der Waals surface area contributed by atoms with Crippen LogP contribution >= 0.6 is 11.6 Å². The minimum absolute atomic E-state index is 0.561. The van der Waals surface area contributed by atoms with Crippen molar-refractivity contribution in [2.45, 2.75) is 12.6 Å². The van der Waals surface area contributed by atoms with Gasteiger partial charge in [-0.25, -0.2) is 0 Å². The molecule has 2 rings (SSSR count). The van der Waals surface area contributed by atoms with Crippen LogP contribution in [0.1, 0.15) is 16.7 Å². The Balaban J connectivity index is 2.55. The Kier molecular flexibility index (Phi) is 3.20. The van der Waals surface area contributed by atoms with Crippen LogP contribution < -0.4 is 5.73 Å². The van der Waals surface area contributed by atoms with Crippen molar-refractivity contribution < 1.29 is 5.11 Å². The molecular formula is C14H14ClNO. The highest BCUT2D eigenvalue weighted by Crippen LogP contribution is 2.28. The van der Waals surface area contributed by atoms with E-state index in [-0.39, 0.29) is 0 Å².